The van der Waals surface area contributed by atoms with Gasteiger partial charge in [-0.15, -0.1) is 0 Å². The highest BCUT2D eigenvalue weighted by Gasteiger charge is 2.51. The zero-order valence-electron chi connectivity index (χ0n) is 13.8. The van der Waals surface area contributed by atoms with Crippen molar-refractivity contribution in [3.8, 4) is 0 Å². The number of benzene rings is 1. The second-order valence-electron chi connectivity index (χ2n) is 7.91. The third-order valence-corrected chi connectivity index (χ3v) is 6.55. The van der Waals surface area contributed by atoms with Gasteiger partial charge in [0.05, 0.1) is 12.6 Å². The average molecular weight is 310 g/mol. The molecule has 3 fully saturated rings. The first-order chi connectivity index (χ1) is 11.3. The minimum atomic E-state index is 0.370. The van der Waals surface area contributed by atoms with Crippen molar-refractivity contribution in [3.63, 3.8) is 0 Å². The summed E-state index contributed by atoms with van der Waals surface area (Å²) in [5.74, 6) is 0.803. The molecule has 3 atom stereocenters. The Morgan fingerprint density at radius 1 is 1.04 bits per heavy atom. The minimum Gasteiger partial charge on any atom is -0.326 e. The Balaban J connectivity index is 1.40. The number of hydrogen-bond acceptors (Lipinski definition) is 2. The summed E-state index contributed by atoms with van der Waals surface area (Å²) in [6, 6.07) is 10.8. The normalized spacial score (nSPS) is 32.7. The van der Waals surface area contributed by atoms with E-state index in [1.54, 1.807) is 0 Å². The molecule has 0 spiro atoms. The summed E-state index contributed by atoms with van der Waals surface area (Å²) in [7, 11) is 0. The number of fused-ring (bicyclic) bond motifs is 2. The maximum absolute atomic E-state index is 12.4. The molecule has 0 aromatic heterocycles. The highest BCUT2D eigenvalue weighted by Crippen LogP contribution is 2.44. The molecule has 3 nitrogen and oxygen atoms in total. The van der Waals surface area contributed by atoms with Crippen LogP contribution in [-0.2, 0) is 11.2 Å². The smallest absolute Gasteiger partial charge is 0.229 e. The number of aryl methyl sites for hydroxylation is 1. The molecule has 1 aromatic rings. The van der Waals surface area contributed by atoms with E-state index >= 15 is 0 Å². The van der Waals surface area contributed by atoms with E-state index in [9.17, 15) is 4.79 Å². The van der Waals surface area contributed by atoms with E-state index < -0.39 is 0 Å². The molecule has 3 heteroatoms. The Bertz CT molecular complexity index is 624. The predicted molar refractivity (Wildman–Crippen MR) is 89.8 cm³/mol. The summed E-state index contributed by atoms with van der Waals surface area (Å²) in [4.78, 5) is 17.3. The second kappa shape index (κ2) is 5.34. The van der Waals surface area contributed by atoms with Crippen LogP contribution in [0.4, 0.5) is 0 Å². The fourth-order valence-electron chi connectivity index (χ4n) is 5.19. The van der Waals surface area contributed by atoms with Crippen molar-refractivity contribution in [1.29, 1.82) is 0 Å². The molecule has 0 bridgehead atoms. The summed E-state index contributed by atoms with van der Waals surface area (Å²) in [6.07, 6.45) is 10.00. The second-order valence-corrected chi connectivity index (χ2v) is 7.91. The summed E-state index contributed by atoms with van der Waals surface area (Å²) in [5, 5.41) is 0. The lowest BCUT2D eigenvalue weighted by Gasteiger charge is -2.48. The molecule has 2 saturated carbocycles. The fourth-order valence-corrected chi connectivity index (χ4v) is 5.19. The molecule has 4 aliphatic rings. The Morgan fingerprint density at radius 3 is 2.78 bits per heavy atom. The van der Waals surface area contributed by atoms with Crippen LogP contribution in [0.5, 0.6) is 0 Å². The average Bonchev–Trinajstić information content (AvgIpc) is 3.33. The molecular weight excluding hydrogens is 284 g/mol. The first-order valence-corrected chi connectivity index (χ1v) is 9.47. The molecule has 1 aliphatic heterocycles. The van der Waals surface area contributed by atoms with E-state index in [2.05, 4.69) is 34.1 Å². The van der Waals surface area contributed by atoms with Crippen LogP contribution >= 0.6 is 0 Å². The molecule has 3 aliphatic carbocycles. The van der Waals surface area contributed by atoms with Gasteiger partial charge in [0, 0.05) is 18.1 Å². The third-order valence-electron chi connectivity index (χ3n) is 6.55. The Labute approximate surface area is 138 Å². The molecular formula is C20H26N2O. The highest BCUT2D eigenvalue weighted by molar-refractivity contribution is 5.86. The lowest BCUT2D eigenvalue weighted by molar-refractivity contribution is -0.159. The van der Waals surface area contributed by atoms with Gasteiger partial charge >= 0.3 is 0 Å². The Morgan fingerprint density at radius 2 is 1.91 bits per heavy atom. The van der Waals surface area contributed by atoms with Crippen molar-refractivity contribution < 1.29 is 4.79 Å². The maximum atomic E-state index is 12.4. The molecule has 1 aromatic carbocycles. The van der Waals surface area contributed by atoms with Crippen molar-refractivity contribution in [2.75, 3.05) is 6.67 Å². The maximum Gasteiger partial charge on any atom is 0.229 e. The predicted octanol–water partition coefficient (Wildman–Crippen LogP) is 3.50. The van der Waals surface area contributed by atoms with Crippen LogP contribution in [0.15, 0.2) is 24.3 Å². The van der Waals surface area contributed by atoms with Gasteiger partial charge in [-0.3, -0.25) is 9.69 Å². The SMILES string of the molecule is O=C1[C@@H]2CCC[C@H]2N1CN(C1CC1)[C@H]1CCCc2ccccc21. The number of β-lactam (4-membered cyclic amide) rings is 1. The van der Waals surface area contributed by atoms with E-state index in [0.29, 0.717) is 30.0 Å². The summed E-state index contributed by atoms with van der Waals surface area (Å²) in [5.41, 5.74) is 3.06. The quantitative estimate of drug-likeness (QED) is 0.795. The first-order valence-electron chi connectivity index (χ1n) is 9.47. The topological polar surface area (TPSA) is 23.6 Å². The van der Waals surface area contributed by atoms with E-state index in [-0.39, 0.29) is 0 Å². The number of rotatable bonds is 4. The zero-order valence-corrected chi connectivity index (χ0v) is 13.8. The van der Waals surface area contributed by atoms with Crippen LogP contribution in [0.2, 0.25) is 0 Å². The molecule has 0 N–H and O–H groups in total. The third kappa shape index (κ3) is 2.24. The van der Waals surface area contributed by atoms with Gasteiger partial charge in [-0.2, -0.15) is 0 Å². The standard InChI is InChI=1S/C20H26N2O/c23-20-17-8-4-10-19(17)22(20)13-21(15-11-12-15)18-9-3-6-14-5-1-2-7-16(14)18/h1-2,5,7,15,17-19H,3-4,6,8-13H2/t17-,18+,19-/m1/s1. The highest BCUT2D eigenvalue weighted by atomic mass is 16.2. The van der Waals surface area contributed by atoms with Crippen molar-refractivity contribution >= 4 is 5.91 Å². The summed E-state index contributed by atoms with van der Waals surface area (Å²) >= 11 is 0. The zero-order chi connectivity index (χ0) is 15.4. The molecule has 5 rings (SSSR count). The Hall–Kier alpha value is -1.35. The van der Waals surface area contributed by atoms with Crippen LogP contribution in [0.1, 0.15) is 62.1 Å². The van der Waals surface area contributed by atoms with Crippen LogP contribution in [0.3, 0.4) is 0 Å². The van der Waals surface area contributed by atoms with Crippen molar-refractivity contribution in [2.45, 2.75) is 69.5 Å². The molecule has 1 heterocycles. The Kier molecular flexibility index (Phi) is 3.26. The van der Waals surface area contributed by atoms with Gasteiger partial charge in [-0.05, 0) is 56.1 Å². The molecule has 1 saturated heterocycles. The van der Waals surface area contributed by atoms with Gasteiger partial charge in [-0.25, -0.2) is 0 Å². The van der Waals surface area contributed by atoms with Gasteiger partial charge in [0.2, 0.25) is 5.91 Å². The van der Waals surface area contributed by atoms with Crippen molar-refractivity contribution in [3.05, 3.63) is 35.4 Å². The van der Waals surface area contributed by atoms with Gasteiger partial charge in [0.1, 0.15) is 0 Å². The number of carbonyl (C=O) groups excluding carboxylic acids is 1. The molecule has 122 valence electrons. The molecule has 0 unspecified atom stereocenters. The fraction of sp³-hybridized carbons (Fsp3) is 0.650. The van der Waals surface area contributed by atoms with Crippen molar-refractivity contribution in [1.82, 2.24) is 9.80 Å². The summed E-state index contributed by atoms with van der Waals surface area (Å²) in [6.45, 7) is 0.879. The van der Waals surface area contributed by atoms with E-state index in [1.807, 2.05) is 0 Å². The van der Waals surface area contributed by atoms with Gasteiger partial charge in [-0.1, -0.05) is 30.7 Å². The number of nitrogens with zero attached hydrogens (tertiary/aromatic N) is 2. The lowest BCUT2D eigenvalue weighted by Crippen LogP contribution is -2.61. The number of likely N-dealkylation sites (tertiary alicyclic amines) is 1. The lowest BCUT2D eigenvalue weighted by atomic mass is 9.86. The van der Waals surface area contributed by atoms with Gasteiger partial charge in [0.25, 0.3) is 0 Å². The molecule has 1 amide bonds. The van der Waals surface area contributed by atoms with Gasteiger partial charge in [0.15, 0.2) is 0 Å². The number of amides is 1. The summed E-state index contributed by atoms with van der Waals surface area (Å²) < 4.78 is 0. The van der Waals surface area contributed by atoms with Crippen LogP contribution < -0.4 is 0 Å². The van der Waals surface area contributed by atoms with E-state index in [0.717, 1.165) is 13.1 Å². The molecule has 0 radical (unpaired) electrons. The number of carbonyl (C=O) groups is 1. The minimum absolute atomic E-state index is 0.370. The van der Waals surface area contributed by atoms with Gasteiger partial charge < -0.3 is 4.90 Å². The van der Waals surface area contributed by atoms with Crippen LogP contribution in [0.25, 0.3) is 0 Å². The monoisotopic (exact) mass is 310 g/mol. The van der Waals surface area contributed by atoms with Crippen LogP contribution in [-0.4, -0.2) is 34.5 Å². The largest absolute Gasteiger partial charge is 0.326 e. The van der Waals surface area contributed by atoms with Crippen molar-refractivity contribution in [2.24, 2.45) is 5.92 Å². The first kappa shape index (κ1) is 14.0. The van der Waals surface area contributed by atoms with E-state index in [4.69, 9.17) is 0 Å². The number of hydrogen-bond donors (Lipinski definition) is 0. The van der Waals surface area contributed by atoms with Crippen LogP contribution in [0, 0.1) is 5.92 Å². The van der Waals surface area contributed by atoms with E-state index in [1.165, 1.54) is 56.1 Å². The molecule has 23 heavy (non-hydrogen) atoms.